The number of carbonyl (C=O) groups excluding carboxylic acids is 1. The Balaban J connectivity index is 1.69. The molecule has 4 heteroatoms. The summed E-state index contributed by atoms with van der Waals surface area (Å²) in [7, 11) is 0. The quantitative estimate of drug-likeness (QED) is 0.861. The first-order chi connectivity index (χ1) is 8.83. The Hall–Kier alpha value is -2.10. The molecule has 1 aliphatic rings. The summed E-state index contributed by atoms with van der Waals surface area (Å²) in [6, 6.07) is 5.99. The van der Waals surface area contributed by atoms with Crippen LogP contribution >= 0.6 is 0 Å². The van der Waals surface area contributed by atoms with Crippen LogP contribution in [-0.4, -0.2) is 15.9 Å². The number of amides is 1. The van der Waals surface area contributed by atoms with E-state index in [-0.39, 0.29) is 5.91 Å². The highest BCUT2D eigenvalue weighted by Gasteiger charge is 2.13. The molecular formula is C14H15N3O. The number of benzene rings is 1. The number of aromatic nitrogens is 2. The van der Waals surface area contributed by atoms with Crippen molar-refractivity contribution < 1.29 is 4.79 Å². The Labute approximate surface area is 105 Å². The van der Waals surface area contributed by atoms with Crippen LogP contribution in [-0.2, 0) is 19.4 Å². The number of carbonyl (C=O) groups is 1. The molecule has 0 unspecified atom stereocenters. The second kappa shape index (κ2) is 4.64. The molecule has 0 fully saturated rings. The number of imidazole rings is 1. The van der Waals surface area contributed by atoms with E-state index in [0.29, 0.717) is 6.54 Å². The van der Waals surface area contributed by atoms with Gasteiger partial charge in [-0.1, -0.05) is 6.07 Å². The summed E-state index contributed by atoms with van der Waals surface area (Å²) in [6.07, 6.45) is 6.86. The Bertz CT molecular complexity index is 560. The standard InChI is InChI=1S/C14H15N3O/c18-14(17-9-13-15-6-7-16-13)12-5-4-10-2-1-3-11(10)8-12/h4-8H,1-3,9H2,(H,15,16)(H,17,18). The van der Waals surface area contributed by atoms with Crippen molar-refractivity contribution in [3.05, 3.63) is 53.1 Å². The molecule has 1 amide bonds. The lowest BCUT2D eigenvalue weighted by molar-refractivity contribution is 0.0950. The molecule has 1 aromatic carbocycles. The zero-order valence-corrected chi connectivity index (χ0v) is 10.1. The molecule has 0 saturated heterocycles. The number of H-pyrrole nitrogens is 1. The van der Waals surface area contributed by atoms with Gasteiger partial charge in [0.2, 0.25) is 0 Å². The molecule has 18 heavy (non-hydrogen) atoms. The van der Waals surface area contributed by atoms with Crippen LogP contribution in [0, 0.1) is 0 Å². The van der Waals surface area contributed by atoms with Crippen LogP contribution in [0.5, 0.6) is 0 Å². The van der Waals surface area contributed by atoms with E-state index in [4.69, 9.17) is 0 Å². The molecule has 0 bridgehead atoms. The molecule has 1 heterocycles. The van der Waals surface area contributed by atoms with E-state index in [0.717, 1.165) is 24.2 Å². The van der Waals surface area contributed by atoms with Gasteiger partial charge in [-0.25, -0.2) is 4.98 Å². The van der Waals surface area contributed by atoms with E-state index in [2.05, 4.69) is 21.4 Å². The fraction of sp³-hybridized carbons (Fsp3) is 0.286. The zero-order valence-electron chi connectivity index (χ0n) is 10.1. The lowest BCUT2D eigenvalue weighted by Crippen LogP contribution is -2.23. The molecule has 92 valence electrons. The van der Waals surface area contributed by atoms with Gasteiger partial charge in [0.15, 0.2) is 0 Å². The molecule has 0 radical (unpaired) electrons. The summed E-state index contributed by atoms with van der Waals surface area (Å²) >= 11 is 0. The maximum absolute atomic E-state index is 12.0. The minimum atomic E-state index is -0.0406. The van der Waals surface area contributed by atoms with Gasteiger partial charge in [-0.2, -0.15) is 0 Å². The van der Waals surface area contributed by atoms with Gasteiger partial charge in [-0.05, 0) is 42.5 Å². The molecule has 0 aliphatic heterocycles. The van der Waals surface area contributed by atoms with Crippen molar-refractivity contribution in [2.45, 2.75) is 25.8 Å². The summed E-state index contributed by atoms with van der Waals surface area (Å²) in [4.78, 5) is 19.0. The lowest BCUT2D eigenvalue weighted by atomic mass is 10.1. The van der Waals surface area contributed by atoms with Gasteiger partial charge in [0.1, 0.15) is 5.82 Å². The van der Waals surface area contributed by atoms with Crippen molar-refractivity contribution in [1.29, 1.82) is 0 Å². The fourth-order valence-corrected chi connectivity index (χ4v) is 2.37. The van der Waals surface area contributed by atoms with Gasteiger partial charge in [0.05, 0.1) is 6.54 Å². The van der Waals surface area contributed by atoms with E-state index in [1.54, 1.807) is 12.4 Å². The largest absolute Gasteiger partial charge is 0.347 e. The predicted molar refractivity (Wildman–Crippen MR) is 68.2 cm³/mol. The summed E-state index contributed by atoms with van der Waals surface area (Å²) in [5, 5.41) is 2.86. The zero-order chi connectivity index (χ0) is 12.4. The van der Waals surface area contributed by atoms with Crippen molar-refractivity contribution in [2.24, 2.45) is 0 Å². The second-order valence-corrected chi connectivity index (χ2v) is 4.56. The van der Waals surface area contributed by atoms with E-state index >= 15 is 0 Å². The summed E-state index contributed by atoms with van der Waals surface area (Å²) in [5.41, 5.74) is 3.44. The third-order valence-electron chi connectivity index (χ3n) is 3.33. The molecule has 2 N–H and O–H groups in total. The van der Waals surface area contributed by atoms with Gasteiger partial charge in [0, 0.05) is 18.0 Å². The van der Waals surface area contributed by atoms with Crippen molar-refractivity contribution in [3.63, 3.8) is 0 Å². The van der Waals surface area contributed by atoms with Crippen molar-refractivity contribution >= 4 is 5.91 Å². The Morgan fingerprint density at radius 2 is 2.22 bits per heavy atom. The predicted octanol–water partition coefficient (Wildman–Crippen LogP) is 1.83. The van der Waals surface area contributed by atoms with Crippen molar-refractivity contribution in [2.75, 3.05) is 0 Å². The number of aryl methyl sites for hydroxylation is 2. The minimum Gasteiger partial charge on any atom is -0.347 e. The maximum Gasteiger partial charge on any atom is 0.251 e. The van der Waals surface area contributed by atoms with Gasteiger partial charge in [0.25, 0.3) is 5.91 Å². The monoisotopic (exact) mass is 241 g/mol. The molecule has 3 rings (SSSR count). The van der Waals surface area contributed by atoms with Crippen LogP contribution in [0.15, 0.2) is 30.6 Å². The first-order valence-corrected chi connectivity index (χ1v) is 6.21. The highest BCUT2D eigenvalue weighted by molar-refractivity contribution is 5.94. The number of aromatic amines is 1. The second-order valence-electron chi connectivity index (χ2n) is 4.56. The first kappa shape index (κ1) is 11.0. The molecule has 1 aliphatic carbocycles. The Morgan fingerprint density at radius 3 is 3.06 bits per heavy atom. The van der Waals surface area contributed by atoms with Crippen LogP contribution in [0.4, 0.5) is 0 Å². The van der Waals surface area contributed by atoms with Crippen LogP contribution in [0.3, 0.4) is 0 Å². The van der Waals surface area contributed by atoms with Crippen molar-refractivity contribution in [1.82, 2.24) is 15.3 Å². The number of rotatable bonds is 3. The highest BCUT2D eigenvalue weighted by atomic mass is 16.1. The number of hydrogen-bond acceptors (Lipinski definition) is 2. The number of hydrogen-bond donors (Lipinski definition) is 2. The summed E-state index contributed by atoms with van der Waals surface area (Å²) in [5.74, 6) is 0.727. The molecular weight excluding hydrogens is 226 g/mol. The van der Waals surface area contributed by atoms with E-state index in [1.807, 2.05) is 12.1 Å². The smallest absolute Gasteiger partial charge is 0.251 e. The lowest BCUT2D eigenvalue weighted by Gasteiger charge is -2.05. The van der Waals surface area contributed by atoms with Gasteiger partial charge < -0.3 is 10.3 Å². The van der Waals surface area contributed by atoms with Gasteiger partial charge in [-0.15, -0.1) is 0 Å². The van der Waals surface area contributed by atoms with Gasteiger partial charge >= 0.3 is 0 Å². The molecule has 4 nitrogen and oxygen atoms in total. The molecule has 1 aromatic heterocycles. The van der Waals surface area contributed by atoms with E-state index in [9.17, 15) is 4.79 Å². The summed E-state index contributed by atoms with van der Waals surface area (Å²) < 4.78 is 0. The Kier molecular flexibility index (Phi) is 2.84. The maximum atomic E-state index is 12.0. The molecule has 2 aromatic rings. The Morgan fingerprint density at radius 1 is 1.33 bits per heavy atom. The normalized spacial score (nSPS) is 13.3. The van der Waals surface area contributed by atoms with Crippen LogP contribution in [0.2, 0.25) is 0 Å². The van der Waals surface area contributed by atoms with Gasteiger partial charge in [-0.3, -0.25) is 4.79 Å². The highest BCUT2D eigenvalue weighted by Crippen LogP contribution is 2.22. The average Bonchev–Trinajstić information content (AvgIpc) is 3.05. The number of fused-ring (bicyclic) bond motifs is 1. The SMILES string of the molecule is O=C(NCc1ncc[nH]1)c1ccc2c(c1)CCC2. The van der Waals surface area contributed by atoms with Crippen LogP contribution in [0.25, 0.3) is 0 Å². The fourth-order valence-electron chi connectivity index (χ4n) is 2.37. The summed E-state index contributed by atoms with van der Waals surface area (Å²) in [6.45, 7) is 0.433. The third-order valence-corrected chi connectivity index (χ3v) is 3.33. The minimum absolute atomic E-state index is 0.0406. The van der Waals surface area contributed by atoms with E-state index in [1.165, 1.54) is 17.5 Å². The average molecular weight is 241 g/mol. The number of nitrogens with zero attached hydrogens (tertiary/aromatic N) is 1. The molecule has 0 saturated carbocycles. The first-order valence-electron chi connectivity index (χ1n) is 6.21. The van der Waals surface area contributed by atoms with Crippen molar-refractivity contribution in [3.8, 4) is 0 Å². The topological polar surface area (TPSA) is 57.8 Å². The molecule has 0 spiro atoms. The number of nitrogens with one attached hydrogen (secondary N) is 2. The third kappa shape index (κ3) is 2.14. The van der Waals surface area contributed by atoms with Crippen LogP contribution in [0.1, 0.15) is 33.7 Å². The van der Waals surface area contributed by atoms with Crippen LogP contribution < -0.4 is 5.32 Å². The molecule has 0 atom stereocenters. The van der Waals surface area contributed by atoms with E-state index < -0.39 is 0 Å².